The average Bonchev–Trinajstić information content (AvgIpc) is 2.69. The number of amides is 2. The van der Waals surface area contributed by atoms with Gasteiger partial charge in [-0.15, -0.1) is 0 Å². The number of piperazine rings is 1. The molecule has 1 saturated heterocycles. The molecule has 27 heavy (non-hydrogen) atoms. The first-order valence-electron chi connectivity index (χ1n) is 9.19. The number of ether oxygens (including phenoxy) is 2. The van der Waals surface area contributed by atoms with E-state index in [0.29, 0.717) is 23.6 Å². The summed E-state index contributed by atoms with van der Waals surface area (Å²) in [6.45, 7) is 4.74. The summed E-state index contributed by atoms with van der Waals surface area (Å²) in [4.78, 5) is 27.7. The maximum Gasteiger partial charge on any atom is 0.338 e. The largest absolute Gasteiger partial charge is 0.497 e. The summed E-state index contributed by atoms with van der Waals surface area (Å²) in [6, 6.07) is 6.46. The van der Waals surface area contributed by atoms with Crippen LogP contribution >= 0.6 is 0 Å². The van der Waals surface area contributed by atoms with E-state index in [1.54, 1.807) is 7.11 Å². The van der Waals surface area contributed by atoms with Crippen molar-refractivity contribution in [3.63, 3.8) is 0 Å². The van der Waals surface area contributed by atoms with E-state index in [9.17, 15) is 9.59 Å². The van der Waals surface area contributed by atoms with Crippen molar-refractivity contribution in [2.45, 2.75) is 6.04 Å². The maximum atomic E-state index is 12.6. The summed E-state index contributed by atoms with van der Waals surface area (Å²) in [5.41, 5.74) is 1.91. The summed E-state index contributed by atoms with van der Waals surface area (Å²) in [5.74, 6) is 0.282. The molecule has 0 aliphatic carbocycles. The molecule has 0 aromatic heterocycles. The van der Waals surface area contributed by atoms with Crippen LogP contribution in [0.1, 0.15) is 11.6 Å². The topological polar surface area (TPSA) is 85.5 Å². The van der Waals surface area contributed by atoms with Crippen LogP contribution in [-0.4, -0.2) is 66.0 Å². The van der Waals surface area contributed by atoms with Gasteiger partial charge in [-0.1, -0.05) is 12.1 Å². The lowest BCUT2D eigenvalue weighted by Gasteiger charge is -2.32. The van der Waals surface area contributed by atoms with E-state index in [4.69, 9.17) is 9.47 Å². The van der Waals surface area contributed by atoms with Gasteiger partial charge in [0, 0.05) is 0 Å². The Bertz CT molecular complexity index is 724. The van der Waals surface area contributed by atoms with E-state index in [-0.39, 0.29) is 6.03 Å². The molecule has 1 atom stereocenters. The molecule has 1 fully saturated rings. The van der Waals surface area contributed by atoms with Crippen molar-refractivity contribution in [1.82, 2.24) is 10.6 Å². The number of rotatable bonds is 5. The van der Waals surface area contributed by atoms with Crippen LogP contribution in [0.5, 0.6) is 5.75 Å². The lowest BCUT2D eigenvalue weighted by Crippen LogP contribution is -3.27. The van der Waals surface area contributed by atoms with Crippen molar-refractivity contribution < 1.29 is 28.9 Å². The van der Waals surface area contributed by atoms with Crippen LogP contribution in [0.3, 0.4) is 0 Å². The number of hydrogen-bond donors (Lipinski definition) is 4. The van der Waals surface area contributed by atoms with Crippen LogP contribution in [-0.2, 0) is 9.53 Å². The van der Waals surface area contributed by atoms with Gasteiger partial charge in [-0.25, -0.2) is 9.59 Å². The lowest BCUT2D eigenvalue weighted by atomic mass is 9.95. The van der Waals surface area contributed by atoms with Crippen molar-refractivity contribution in [2.75, 3.05) is 54.0 Å². The Morgan fingerprint density at radius 1 is 1.15 bits per heavy atom. The van der Waals surface area contributed by atoms with Crippen LogP contribution in [0.4, 0.5) is 4.79 Å². The first-order valence-corrected chi connectivity index (χ1v) is 9.19. The molecule has 2 heterocycles. The van der Waals surface area contributed by atoms with Gasteiger partial charge in [0.2, 0.25) is 0 Å². The molecule has 1 aromatic rings. The van der Waals surface area contributed by atoms with Crippen LogP contribution in [0.2, 0.25) is 0 Å². The monoisotopic (exact) mass is 376 g/mol. The highest BCUT2D eigenvalue weighted by Gasteiger charge is 2.35. The van der Waals surface area contributed by atoms with Crippen molar-refractivity contribution in [3.8, 4) is 5.75 Å². The Morgan fingerprint density at radius 3 is 2.41 bits per heavy atom. The number of benzene rings is 1. The lowest BCUT2D eigenvalue weighted by molar-refractivity contribution is -1.00. The fourth-order valence-corrected chi connectivity index (χ4v) is 3.61. The molecule has 8 nitrogen and oxygen atoms in total. The third-order valence-electron chi connectivity index (χ3n) is 5.25. The zero-order chi connectivity index (χ0) is 19.4. The van der Waals surface area contributed by atoms with Gasteiger partial charge in [-0.05, 0) is 17.7 Å². The number of likely N-dealkylation sites (N-methyl/N-ethyl adjacent to an activating group) is 1. The molecule has 146 valence electrons. The number of quaternary nitrogens is 2. The smallest absolute Gasteiger partial charge is 0.338 e. The normalized spacial score (nSPS) is 25.4. The van der Waals surface area contributed by atoms with Gasteiger partial charge in [-0.3, -0.25) is 0 Å². The summed E-state index contributed by atoms with van der Waals surface area (Å²) in [5, 5.41) is 5.69. The van der Waals surface area contributed by atoms with Crippen LogP contribution < -0.4 is 25.2 Å². The second kappa shape index (κ2) is 8.41. The number of carbonyl (C=O) groups excluding carboxylic acids is 2. The van der Waals surface area contributed by atoms with Gasteiger partial charge in [0.1, 0.15) is 38.5 Å². The number of nitrogens with one attached hydrogen (secondary N) is 4. The van der Waals surface area contributed by atoms with E-state index in [1.165, 1.54) is 16.9 Å². The summed E-state index contributed by atoms with van der Waals surface area (Å²) >= 11 is 0. The highest BCUT2D eigenvalue weighted by atomic mass is 16.5. The molecule has 0 unspecified atom stereocenters. The summed E-state index contributed by atoms with van der Waals surface area (Å²) < 4.78 is 10.2. The van der Waals surface area contributed by atoms with Gasteiger partial charge in [0.25, 0.3) is 0 Å². The fourth-order valence-electron chi connectivity index (χ4n) is 3.61. The van der Waals surface area contributed by atoms with Crippen LogP contribution in [0, 0.1) is 0 Å². The van der Waals surface area contributed by atoms with Gasteiger partial charge in [0.05, 0.1) is 38.6 Å². The van der Waals surface area contributed by atoms with Crippen LogP contribution in [0.25, 0.3) is 0 Å². The average molecular weight is 376 g/mol. The fraction of sp³-hybridized carbons (Fsp3) is 0.474. The number of urea groups is 1. The van der Waals surface area contributed by atoms with E-state index < -0.39 is 12.0 Å². The van der Waals surface area contributed by atoms with E-state index >= 15 is 0 Å². The molecule has 0 bridgehead atoms. The standard InChI is InChI=1S/C19H26N4O4/c1-22-8-10-23(11-9-22)12-15-16(18(24)27-3)17(21-19(25)20-15)13-4-6-14(26-2)7-5-13/h4-7,17H,8-12H2,1-3H3,(H2,20,21,25)/p+2/t17-/m1/s1. The Hall–Kier alpha value is -2.58. The molecule has 2 aliphatic heterocycles. The third-order valence-corrected chi connectivity index (χ3v) is 5.25. The second-order valence-electron chi connectivity index (χ2n) is 7.07. The molecule has 0 radical (unpaired) electrons. The zero-order valence-corrected chi connectivity index (χ0v) is 16.1. The van der Waals surface area contributed by atoms with Crippen molar-refractivity contribution in [3.05, 3.63) is 41.1 Å². The van der Waals surface area contributed by atoms with Gasteiger partial charge in [-0.2, -0.15) is 0 Å². The zero-order valence-electron chi connectivity index (χ0n) is 16.1. The molecule has 0 saturated carbocycles. The third kappa shape index (κ3) is 4.40. The van der Waals surface area contributed by atoms with E-state index in [1.807, 2.05) is 24.3 Å². The summed E-state index contributed by atoms with van der Waals surface area (Å²) in [6.07, 6.45) is 0. The Morgan fingerprint density at radius 2 is 1.81 bits per heavy atom. The minimum Gasteiger partial charge on any atom is -0.497 e. The highest BCUT2D eigenvalue weighted by Crippen LogP contribution is 2.28. The van der Waals surface area contributed by atoms with Gasteiger partial charge >= 0.3 is 12.0 Å². The maximum absolute atomic E-state index is 12.6. The van der Waals surface area contributed by atoms with Crippen LogP contribution in [0.15, 0.2) is 35.5 Å². The predicted molar refractivity (Wildman–Crippen MR) is 98.6 cm³/mol. The quantitative estimate of drug-likeness (QED) is 0.443. The number of esters is 1. The van der Waals surface area contributed by atoms with Crippen molar-refractivity contribution in [2.24, 2.45) is 0 Å². The van der Waals surface area contributed by atoms with Crippen molar-refractivity contribution in [1.29, 1.82) is 0 Å². The molecule has 3 rings (SSSR count). The summed E-state index contributed by atoms with van der Waals surface area (Å²) in [7, 11) is 5.14. The molecular weight excluding hydrogens is 348 g/mol. The minimum absolute atomic E-state index is 0.308. The molecule has 2 aliphatic rings. The van der Waals surface area contributed by atoms with E-state index in [2.05, 4.69) is 17.7 Å². The minimum atomic E-state index is -0.551. The Balaban J connectivity index is 1.92. The van der Waals surface area contributed by atoms with Crippen molar-refractivity contribution >= 4 is 12.0 Å². The number of carbonyl (C=O) groups is 2. The Labute approximate surface area is 159 Å². The second-order valence-corrected chi connectivity index (χ2v) is 7.07. The molecular formula is C19H28N4O4+2. The first-order chi connectivity index (χ1) is 13.0. The number of hydrogen-bond acceptors (Lipinski definition) is 4. The predicted octanol–water partition coefficient (Wildman–Crippen LogP) is -2.11. The van der Waals surface area contributed by atoms with E-state index in [0.717, 1.165) is 31.7 Å². The molecule has 0 spiro atoms. The first kappa shape index (κ1) is 19.2. The molecule has 4 N–H and O–H groups in total. The highest BCUT2D eigenvalue weighted by molar-refractivity contribution is 5.95. The van der Waals surface area contributed by atoms with Gasteiger partial charge in [0.15, 0.2) is 0 Å². The SMILES string of the molecule is COC(=O)C1=C(C[NH+]2CC[NH+](C)CC2)NC(=O)N[C@@H]1c1ccc(OC)cc1. The number of methoxy groups -OCH3 is 2. The molecule has 2 amide bonds. The molecule has 1 aromatic carbocycles. The van der Waals surface area contributed by atoms with Gasteiger partial charge < -0.3 is 29.9 Å². The molecule has 8 heteroatoms. The Kier molecular flexibility index (Phi) is 5.98.